The SMILES string of the molecule is CS(=O)(=O)OCCCOc1cc2ncnc(Nc3ccc(F)c(Cl)c3)c2cc1OCC1CC1. The molecular formula is C22H23ClFN3O5S. The second kappa shape index (κ2) is 10.1. The molecular weight excluding hydrogens is 473 g/mol. The van der Waals surface area contributed by atoms with Crippen LogP contribution in [0.4, 0.5) is 15.9 Å². The van der Waals surface area contributed by atoms with Crippen LogP contribution in [0.2, 0.25) is 5.02 Å². The van der Waals surface area contributed by atoms with Gasteiger partial charge < -0.3 is 14.8 Å². The summed E-state index contributed by atoms with van der Waals surface area (Å²) in [6.45, 7) is 0.843. The molecule has 0 radical (unpaired) electrons. The molecule has 3 aromatic rings. The minimum Gasteiger partial charge on any atom is -0.490 e. The highest BCUT2D eigenvalue weighted by Crippen LogP contribution is 2.37. The van der Waals surface area contributed by atoms with Crippen LogP contribution in [-0.2, 0) is 14.3 Å². The van der Waals surface area contributed by atoms with Gasteiger partial charge in [-0.1, -0.05) is 11.6 Å². The molecule has 0 aliphatic heterocycles. The number of halogens is 2. The van der Waals surface area contributed by atoms with Crippen LogP contribution in [0.5, 0.6) is 11.5 Å². The summed E-state index contributed by atoms with van der Waals surface area (Å²) < 4.78 is 52.3. The van der Waals surface area contributed by atoms with Crippen molar-refractivity contribution < 1.29 is 26.5 Å². The van der Waals surface area contributed by atoms with Crippen molar-refractivity contribution in [2.24, 2.45) is 5.92 Å². The highest BCUT2D eigenvalue weighted by Gasteiger charge is 2.23. The molecule has 11 heteroatoms. The topological polar surface area (TPSA) is 99.6 Å². The second-order valence-electron chi connectivity index (χ2n) is 7.77. The molecule has 8 nitrogen and oxygen atoms in total. The minimum absolute atomic E-state index is 0.00218. The zero-order valence-corrected chi connectivity index (χ0v) is 19.5. The van der Waals surface area contributed by atoms with E-state index >= 15 is 0 Å². The fraction of sp³-hybridized carbons (Fsp3) is 0.364. The van der Waals surface area contributed by atoms with E-state index in [1.807, 2.05) is 0 Å². The van der Waals surface area contributed by atoms with Gasteiger partial charge in [-0.2, -0.15) is 8.42 Å². The van der Waals surface area contributed by atoms with Gasteiger partial charge in [0.25, 0.3) is 10.1 Å². The van der Waals surface area contributed by atoms with E-state index in [2.05, 4.69) is 15.3 Å². The molecule has 1 aliphatic carbocycles. The molecule has 2 aromatic carbocycles. The third-order valence-electron chi connectivity index (χ3n) is 4.90. The number of benzene rings is 2. The molecule has 1 aliphatic rings. The molecule has 0 amide bonds. The Morgan fingerprint density at radius 1 is 1.12 bits per heavy atom. The van der Waals surface area contributed by atoms with Gasteiger partial charge in [0.15, 0.2) is 11.5 Å². The van der Waals surface area contributed by atoms with E-state index in [9.17, 15) is 12.8 Å². The Morgan fingerprint density at radius 2 is 1.91 bits per heavy atom. The van der Waals surface area contributed by atoms with Crippen molar-refractivity contribution in [2.45, 2.75) is 19.3 Å². The van der Waals surface area contributed by atoms with Crippen LogP contribution in [0.3, 0.4) is 0 Å². The maximum Gasteiger partial charge on any atom is 0.264 e. The first kappa shape index (κ1) is 23.5. The van der Waals surface area contributed by atoms with E-state index in [1.165, 1.54) is 18.5 Å². The number of rotatable bonds is 11. The van der Waals surface area contributed by atoms with Crippen LogP contribution < -0.4 is 14.8 Å². The molecule has 0 unspecified atom stereocenters. The predicted octanol–water partition coefficient (Wildman–Crippen LogP) is 4.70. The van der Waals surface area contributed by atoms with E-state index in [1.54, 1.807) is 18.2 Å². The molecule has 1 saturated carbocycles. The van der Waals surface area contributed by atoms with E-state index in [4.69, 9.17) is 25.3 Å². The van der Waals surface area contributed by atoms with E-state index in [0.29, 0.717) is 52.9 Å². The van der Waals surface area contributed by atoms with Gasteiger partial charge in [0.2, 0.25) is 0 Å². The highest BCUT2D eigenvalue weighted by molar-refractivity contribution is 7.85. The van der Waals surface area contributed by atoms with Crippen molar-refractivity contribution in [3.05, 3.63) is 47.5 Å². The molecule has 0 bridgehead atoms. The third kappa shape index (κ3) is 6.66. The number of nitrogens with zero attached hydrogens (tertiary/aromatic N) is 2. The van der Waals surface area contributed by atoms with E-state index in [0.717, 1.165) is 19.1 Å². The number of hydrogen-bond acceptors (Lipinski definition) is 8. The number of aromatic nitrogens is 2. The Labute approximate surface area is 196 Å². The molecule has 0 atom stereocenters. The Bertz CT molecular complexity index is 1250. The van der Waals surface area contributed by atoms with Crippen LogP contribution in [0.25, 0.3) is 10.9 Å². The van der Waals surface area contributed by atoms with Gasteiger partial charge >= 0.3 is 0 Å². The van der Waals surface area contributed by atoms with Crippen molar-refractivity contribution in [1.29, 1.82) is 0 Å². The van der Waals surface area contributed by atoms with Gasteiger partial charge in [0.1, 0.15) is 18.0 Å². The zero-order chi connectivity index (χ0) is 23.4. The van der Waals surface area contributed by atoms with Crippen LogP contribution >= 0.6 is 11.6 Å². The summed E-state index contributed by atoms with van der Waals surface area (Å²) >= 11 is 5.89. The summed E-state index contributed by atoms with van der Waals surface area (Å²) in [5.41, 5.74) is 1.19. The van der Waals surface area contributed by atoms with Gasteiger partial charge in [-0.25, -0.2) is 14.4 Å². The number of anilines is 2. The number of fused-ring (bicyclic) bond motifs is 1. The summed E-state index contributed by atoms with van der Waals surface area (Å²) in [4.78, 5) is 8.64. The quantitative estimate of drug-likeness (QED) is 0.302. The van der Waals surface area contributed by atoms with Gasteiger partial charge in [-0.05, 0) is 43.0 Å². The summed E-state index contributed by atoms with van der Waals surface area (Å²) in [6.07, 6.45) is 5.06. The van der Waals surface area contributed by atoms with Crippen molar-refractivity contribution in [1.82, 2.24) is 9.97 Å². The smallest absolute Gasteiger partial charge is 0.264 e. The average molecular weight is 496 g/mol. The van der Waals surface area contributed by atoms with Crippen LogP contribution in [0, 0.1) is 11.7 Å². The van der Waals surface area contributed by atoms with Crippen molar-refractivity contribution >= 4 is 44.1 Å². The lowest BCUT2D eigenvalue weighted by atomic mass is 10.2. The molecule has 4 rings (SSSR count). The van der Waals surface area contributed by atoms with Crippen LogP contribution in [0.15, 0.2) is 36.7 Å². The third-order valence-corrected chi connectivity index (χ3v) is 5.78. The first-order chi connectivity index (χ1) is 15.8. The van der Waals surface area contributed by atoms with Gasteiger partial charge in [0.05, 0.1) is 36.6 Å². The minimum atomic E-state index is -3.49. The molecule has 1 fully saturated rings. The first-order valence-corrected chi connectivity index (χ1v) is 12.6. The van der Waals surface area contributed by atoms with Crippen LogP contribution in [-0.4, -0.2) is 44.5 Å². The fourth-order valence-corrected chi connectivity index (χ4v) is 3.64. The standard InChI is InChI=1S/C22H23ClFN3O5S/c1-33(28,29)32-8-2-7-30-21-11-19-16(10-20(21)31-12-14-3-4-14)22(26-13-25-19)27-15-5-6-18(24)17(23)9-15/h5-6,9-11,13-14H,2-4,7-8,12H2,1H3,(H,25,26,27). The average Bonchev–Trinajstić information content (AvgIpc) is 3.58. The monoisotopic (exact) mass is 495 g/mol. The number of hydrogen-bond donors (Lipinski definition) is 1. The van der Waals surface area contributed by atoms with Gasteiger partial charge in [-0.15, -0.1) is 0 Å². The maximum atomic E-state index is 13.5. The Kier molecular flexibility index (Phi) is 7.16. The second-order valence-corrected chi connectivity index (χ2v) is 9.83. The van der Waals surface area contributed by atoms with Gasteiger partial charge in [0, 0.05) is 23.6 Å². The Balaban J connectivity index is 1.56. The summed E-state index contributed by atoms with van der Waals surface area (Å²) in [5.74, 6) is 1.56. The summed E-state index contributed by atoms with van der Waals surface area (Å²) in [5, 5.41) is 3.83. The Morgan fingerprint density at radius 3 is 2.64 bits per heavy atom. The predicted molar refractivity (Wildman–Crippen MR) is 123 cm³/mol. The molecule has 0 spiro atoms. The highest BCUT2D eigenvalue weighted by atomic mass is 35.5. The maximum absolute atomic E-state index is 13.5. The van der Waals surface area contributed by atoms with Crippen molar-refractivity contribution in [2.75, 3.05) is 31.4 Å². The lowest BCUT2D eigenvalue weighted by molar-refractivity contribution is 0.234. The molecule has 33 heavy (non-hydrogen) atoms. The first-order valence-electron chi connectivity index (χ1n) is 10.4. The van der Waals surface area contributed by atoms with Crippen molar-refractivity contribution in [3.63, 3.8) is 0 Å². The normalized spacial score (nSPS) is 13.8. The summed E-state index contributed by atoms with van der Waals surface area (Å²) in [7, 11) is -3.49. The molecule has 176 valence electrons. The molecule has 1 heterocycles. The fourth-order valence-electron chi connectivity index (χ4n) is 3.04. The van der Waals surface area contributed by atoms with Crippen LogP contribution in [0.1, 0.15) is 19.3 Å². The molecule has 1 aromatic heterocycles. The largest absolute Gasteiger partial charge is 0.490 e. The number of ether oxygens (including phenoxy) is 2. The lowest BCUT2D eigenvalue weighted by Gasteiger charge is -2.15. The van der Waals surface area contributed by atoms with E-state index in [-0.39, 0.29) is 18.2 Å². The zero-order valence-electron chi connectivity index (χ0n) is 17.9. The van der Waals surface area contributed by atoms with Crippen molar-refractivity contribution in [3.8, 4) is 11.5 Å². The summed E-state index contributed by atoms with van der Waals surface area (Å²) in [6, 6.07) is 7.87. The molecule has 0 saturated heterocycles. The Hall–Kier alpha value is -2.69. The number of nitrogens with one attached hydrogen (secondary N) is 1. The van der Waals surface area contributed by atoms with Gasteiger partial charge in [-0.3, -0.25) is 4.18 Å². The molecule has 1 N–H and O–H groups in total. The lowest BCUT2D eigenvalue weighted by Crippen LogP contribution is -2.09. The van der Waals surface area contributed by atoms with E-state index < -0.39 is 15.9 Å².